The minimum absolute atomic E-state index is 0.0375. The molecule has 0 aromatic carbocycles. The van der Waals surface area contributed by atoms with Crippen molar-refractivity contribution in [2.75, 3.05) is 20.3 Å². The van der Waals surface area contributed by atoms with E-state index < -0.39 is 5.54 Å². The molecule has 0 radical (unpaired) electrons. The molecule has 1 unspecified atom stereocenters. The Morgan fingerprint density at radius 2 is 2.21 bits per heavy atom. The maximum Gasteiger partial charge on any atom is 0.240 e. The highest BCUT2D eigenvalue weighted by Gasteiger charge is 2.27. The zero-order valence-corrected chi connectivity index (χ0v) is 9.22. The maximum atomic E-state index is 11.7. The van der Waals surface area contributed by atoms with Gasteiger partial charge in [-0.05, 0) is 33.7 Å². The van der Waals surface area contributed by atoms with E-state index in [0.29, 0.717) is 6.61 Å². The number of hydrogen-bond donors (Lipinski definition) is 2. The first-order valence-corrected chi connectivity index (χ1v) is 5.14. The second-order valence-corrected chi connectivity index (χ2v) is 4.26. The Bertz CT molecular complexity index is 198. The van der Waals surface area contributed by atoms with Crippen molar-refractivity contribution in [2.24, 2.45) is 0 Å². The lowest BCUT2D eigenvalue weighted by molar-refractivity contribution is -0.127. The molecule has 82 valence electrons. The zero-order valence-electron chi connectivity index (χ0n) is 9.22. The van der Waals surface area contributed by atoms with Crippen LogP contribution in [0.2, 0.25) is 0 Å². The van der Waals surface area contributed by atoms with Gasteiger partial charge in [0.05, 0.1) is 18.2 Å². The molecule has 14 heavy (non-hydrogen) atoms. The lowest BCUT2D eigenvalue weighted by Gasteiger charge is -2.28. The van der Waals surface area contributed by atoms with Crippen molar-refractivity contribution in [3.8, 4) is 0 Å². The Hall–Kier alpha value is -0.610. The molecule has 1 fully saturated rings. The number of carbonyl (C=O) groups is 1. The number of nitrogens with one attached hydrogen (secondary N) is 2. The summed E-state index contributed by atoms with van der Waals surface area (Å²) in [5.41, 5.74) is -0.503. The van der Waals surface area contributed by atoms with E-state index >= 15 is 0 Å². The summed E-state index contributed by atoms with van der Waals surface area (Å²) in [5.74, 6) is 0.0375. The van der Waals surface area contributed by atoms with Gasteiger partial charge in [-0.15, -0.1) is 0 Å². The summed E-state index contributed by atoms with van der Waals surface area (Å²) in [4.78, 5) is 11.7. The van der Waals surface area contributed by atoms with E-state index in [-0.39, 0.29) is 11.9 Å². The molecule has 1 amide bonds. The molecule has 0 aromatic rings. The molecule has 0 aromatic heterocycles. The normalized spacial score (nSPS) is 23.2. The van der Waals surface area contributed by atoms with Crippen molar-refractivity contribution in [2.45, 2.75) is 38.3 Å². The Labute approximate surface area is 85.4 Å². The van der Waals surface area contributed by atoms with Gasteiger partial charge in [0.1, 0.15) is 0 Å². The second kappa shape index (κ2) is 4.75. The third kappa shape index (κ3) is 2.96. The minimum atomic E-state index is -0.503. The fourth-order valence-corrected chi connectivity index (χ4v) is 1.33. The van der Waals surface area contributed by atoms with Gasteiger partial charge in [-0.2, -0.15) is 0 Å². The van der Waals surface area contributed by atoms with Crippen LogP contribution in [0.5, 0.6) is 0 Å². The summed E-state index contributed by atoms with van der Waals surface area (Å²) in [6, 6.07) is 0.184. The quantitative estimate of drug-likeness (QED) is 0.688. The van der Waals surface area contributed by atoms with Crippen LogP contribution in [0.1, 0.15) is 26.7 Å². The molecule has 1 aliphatic rings. The van der Waals surface area contributed by atoms with E-state index in [1.807, 2.05) is 13.8 Å². The molecular formula is C10H20N2O2. The minimum Gasteiger partial charge on any atom is -0.379 e. The number of amides is 1. The number of hydrogen-bond acceptors (Lipinski definition) is 3. The molecule has 1 rings (SSSR count). The van der Waals surface area contributed by atoms with E-state index in [9.17, 15) is 4.79 Å². The highest BCUT2D eigenvalue weighted by atomic mass is 16.5. The summed E-state index contributed by atoms with van der Waals surface area (Å²) in [7, 11) is 1.79. The smallest absolute Gasteiger partial charge is 0.240 e. The molecule has 4 nitrogen and oxygen atoms in total. The van der Waals surface area contributed by atoms with Gasteiger partial charge >= 0.3 is 0 Å². The fraction of sp³-hybridized carbons (Fsp3) is 0.900. The van der Waals surface area contributed by atoms with Crippen LogP contribution in [-0.2, 0) is 9.53 Å². The summed E-state index contributed by atoms with van der Waals surface area (Å²) >= 11 is 0. The number of carbonyl (C=O) groups excluding carboxylic acids is 1. The first-order valence-electron chi connectivity index (χ1n) is 5.14. The van der Waals surface area contributed by atoms with E-state index in [1.54, 1.807) is 7.05 Å². The van der Waals surface area contributed by atoms with Crippen LogP contribution >= 0.6 is 0 Å². The molecule has 0 spiro atoms. The van der Waals surface area contributed by atoms with Crippen molar-refractivity contribution in [3.05, 3.63) is 0 Å². The summed E-state index contributed by atoms with van der Waals surface area (Å²) < 4.78 is 5.29. The summed E-state index contributed by atoms with van der Waals surface area (Å²) in [6.07, 6.45) is 2.05. The van der Waals surface area contributed by atoms with Crippen LogP contribution < -0.4 is 10.6 Å². The van der Waals surface area contributed by atoms with Gasteiger partial charge in [0, 0.05) is 6.61 Å². The van der Waals surface area contributed by atoms with Gasteiger partial charge in [0.25, 0.3) is 0 Å². The van der Waals surface area contributed by atoms with Crippen LogP contribution in [0.25, 0.3) is 0 Å². The van der Waals surface area contributed by atoms with Crippen molar-refractivity contribution >= 4 is 5.91 Å². The Balaban J connectivity index is 2.39. The first-order chi connectivity index (χ1) is 6.56. The molecule has 2 N–H and O–H groups in total. The van der Waals surface area contributed by atoms with Gasteiger partial charge in [0.15, 0.2) is 0 Å². The maximum absolute atomic E-state index is 11.7. The van der Waals surface area contributed by atoms with Crippen molar-refractivity contribution in [3.63, 3.8) is 0 Å². The topological polar surface area (TPSA) is 50.4 Å². The van der Waals surface area contributed by atoms with Crippen LogP contribution in [-0.4, -0.2) is 37.7 Å². The fourth-order valence-electron chi connectivity index (χ4n) is 1.33. The zero-order chi connectivity index (χ0) is 10.6. The number of rotatable bonds is 3. The van der Waals surface area contributed by atoms with E-state index in [1.165, 1.54) is 0 Å². The van der Waals surface area contributed by atoms with Gasteiger partial charge in [0.2, 0.25) is 5.91 Å². The Morgan fingerprint density at radius 1 is 1.50 bits per heavy atom. The molecule has 0 saturated carbocycles. The molecular weight excluding hydrogens is 180 g/mol. The van der Waals surface area contributed by atoms with Crippen LogP contribution in [0.4, 0.5) is 0 Å². The van der Waals surface area contributed by atoms with Crippen molar-refractivity contribution in [1.82, 2.24) is 10.6 Å². The van der Waals surface area contributed by atoms with Gasteiger partial charge < -0.3 is 15.4 Å². The van der Waals surface area contributed by atoms with Crippen LogP contribution in [0.3, 0.4) is 0 Å². The monoisotopic (exact) mass is 200 g/mol. The third-order valence-corrected chi connectivity index (χ3v) is 2.69. The first kappa shape index (κ1) is 11.5. The van der Waals surface area contributed by atoms with E-state index in [0.717, 1.165) is 19.4 Å². The number of ether oxygens (including phenoxy) is 1. The second-order valence-electron chi connectivity index (χ2n) is 4.26. The highest BCUT2D eigenvalue weighted by Crippen LogP contribution is 2.08. The SMILES string of the molecule is CNC(C)(C)C(=O)NC1CCCOC1. The number of likely N-dealkylation sites (N-methyl/N-ethyl adjacent to an activating group) is 1. The van der Waals surface area contributed by atoms with Crippen LogP contribution in [0, 0.1) is 0 Å². The molecule has 1 aliphatic heterocycles. The molecule has 4 heteroatoms. The summed E-state index contributed by atoms with van der Waals surface area (Å²) in [5, 5.41) is 5.96. The molecule has 1 heterocycles. The standard InChI is InChI=1S/C10H20N2O2/c1-10(2,11-3)9(13)12-8-5-4-6-14-7-8/h8,11H,4-7H2,1-3H3,(H,12,13). The highest BCUT2D eigenvalue weighted by molar-refractivity contribution is 5.85. The third-order valence-electron chi connectivity index (χ3n) is 2.69. The largest absolute Gasteiger partial charge is 0.379 e. The van der Waals surface area contributed by atoms with Crippen LogP contribution in [0.15, 0.2) is 0 Å². The van der Waals surface area contributed by atoms with E-state index in [2.05, 4.69) is 10.6 Å². The average molecular weight is 200 g/mol. The predicted molar refractivity (Wildman–Crippen MR) is 55.1 cm³/mol. The van der Waals surface area contributed by atoms with Gasteiger partial charge in [-0.1, -0.05) is 0 Å². The summed E-state index contributed by atoms with van der Waals surface area (Å²) in [6.45, 7) is 5.20. The molecule has 1 atom stereocenters. The Kier molecular flexibility index (Phi) is 3.89. The van der Waals surface area contributed by atoms with Crippen molar-refractivity contribution in [1.29, 1.82) is 0 Å². The lowest BCUT2D eigenvalue weighted by atomic mass is 10.0. The molecule has 1 saturated heterocycles. The molecule has 0 bridgehead atoms. The van der Waals surface area contributed by atoms with Gasteiger partial charge in [-0.3, -0.25) is 4.79 Å². The predicted octanol–water partition coefficient (Wildman–Crippen LogP) is 0.280. The molecule has 0 aliphatic carbocycles. The average Bonchev–Trinajstić information content (AvgIpc) is 2.19. The van der Waals surface area contributed by atoms with Gasteiger partial charge in [-0.25, -0.2) is 0 Å². The van der Waals surface area contributed by atoms with Crippen molar-refractivity contribution < 1.29 is 9.53 Å². The Morgan fingerprint density at radius 3 is 2.71 bits per heavy atom. The van der Waals surface area contributed by atoms with E-state index in [4.69, 9.17) is 4.74 Å². The lowest BCUT2D eigenvalue weighted by Crippen LogP contribution is -2.55.